The third-order valence-corrected chi connectivity index (χ3v) is 6.06. The minimum absolute atomic E-state index is 1.05. The fourth-order valence-electron chi connectivity index (χ4n) is 3.96. The van der Waals surface area contributed by atoms with Crippen LogP contribution < -0.4 is 0 Å². The van der Waals surface area contributed by atoms with Gasteiger partial charge in [-0.25, -0.2) is 0 Å². The molecule has 0 atom stereocenters. The number of nitrogens with zero attached hydrogens (tertiary/aromatic N) is 2. The van der Waals surface area contributed by atoms with E-state index in [4.69, 9.17) is 0 Å². The molecule has 5 rings (SSSR count). The zero-order valence-electron chi connectivity index (χ0n) is 12.3. The molecule has 0 fully saturated rings. The van der Waals surface area contributed by atoms with Crippen molar-refractivity contribution < 1.29 is 0 Å². The molecule has 0 saturated heterocycles. The van der Waals surface area contributed by atoms with E-state index < -0.39 is 0 Å². The first-order valence-electron chi connectivity index (χ1n) is 7.66. The monoisotopic (exact) mass is 304 g/mol. The fraction of sp³-hybridized carbons (Fsp3) is 0.158. The lowest BCUT2D eigenvalue weighted by Gasteiger charge is -2.12. The Morgan fingerprint density at radius 1 is 0.955 bits per heavy atom. The normalized spacial score (nSPS) is 14.2. The third kappa shape index (κ3) is 1.26. The van der Waals surface area contributed by atoms with E-state index in [1.54, 1.807) is 0 Å². The van der Waals surface area contributed by atoms with Crippen LogP contribution in [0, 0.1) is 0 Å². The van der Waals surface area contributed by atoms with Crippen LogP contribution in [0.2, 0.25) is 0 Å². The summed E-state index contributed by atoms with van der Waals surface area (Å²) in [5, 5.41) is 4.12. The van der Waals surface area contributed by atoms with Crippen molar-refractivity contribution in [2.75, 3.05) is 0 Å². The molecule has 0 radical (unpaired) electrons. The predicted molar refractivity (Wildman–Crippen MR) is 97.6 cm³/mol. The maximum Gasteiger partial charge on any atom is 0.106 e. The Hall–Kier alpha value is -2.26. The van der Waals surface area contributed by atoms with Gasteiger partial charge in [0.25, 0.3) is 0 Å². The second-order valence-electron chi connectivity index (χ2n) is 5.84. The molecule has 22 heavy (non-hydrogen) atoms. The predicted octanol–water partition coefficient (Wildman–Crippen LogP) is 5.50. The second-order valence-corrected chi connectivity index (χ2v) is 6.82. The third-order valence-electron chi connectivity index (χ3n) is 4.82. The lowest BCUT2D eigenvalue weighted by atomic mass is 10.1. The summed E-state index contributed by atoms with van der Waals surface area (Å²) >= 11 is 1.91. The molecule has 4 aromatic rings. The number of benzene rings is 1. The number of thiophene rings is 1. The van der Waals surface area contributed by atoms with Gasteiger partial charge in [0.2, 0.25) is 0 Å². The van der Waals surface area contributed by atoms with Crippen LogP contribution in [0.1, 0.15) is 17.7 Å². The minimum atomic E-state index is 1.05. The van der Waals surface area contributed by atoms with Crippen LogP contribution in [0.4, 0.5) is 0 Å². The highest BCUT2D eigenvalue weighted by molar-refractivity contribution is 7.25. The Labute approximate surface area is 132 Å². The highest BCUT2D eigenvalue weighted by atomic mass is 32.1. The summed E-state index contributed by atoms with van der Waals surface area (Å²) in [6.07, 6.45) is 5.12. The topological polar surface area (TPSA) is 9.86 Å². The smallest absolute Gasteiger partial charge is 0.106 e. The van der Waals surface area contributed by atoms with Crippen LogP contribution >= 0.6 is 11.3 Å². The Balaban J connectivity index is 2.17. The Kier molecular flexibility index (Phi) is 2.32. The fourth-order valence-corrected chi connectivity index (χ4v) is 5.37. The number of fused-ring (bicyclic) bond motifs is 4. The van der Waals surface area contributed by atoms with Crippen LogP contribution in [0.5, 0.6) is 0 Å². The van der Waals surface area contributed by atoms with Gasteiger partial charge in [0.05, 0.1) is 0 Å². The van der Waals surface area contributed by atoms with Gasteiger partial charge in [0.15, 0.2) is 0 Å². The largest absolute Gasteiger partial charge is 0.332 e. The average molecular weight is 304 g/mol. The van der Waals surface area contributed by atoms with E-state index in [0.717, 1.165) is 19.5 Å². The highest BCUT2D eigenvalue weighted by Gasteiger charge is 2.24. The van der Waals surface area contributed by atoms with Crippen LogP contribution in [-0.2, 0) is 13.1 Å². The Bertz CT molecular complexity index is 1090. The molecule has 0 N–H and O–H groups in total. The summed E-state index contributed by atoms with van der Waals surface area (Å²) < 4.78 is 4.93. The number of para-hydroxylation sites is 1. The summed E-state index contributed by atoms with van der Waals surface area (Å²) in [5.41, 5.74) is 3.81. The van der Waals surface area contributed by atoms with Crippen molar-refractivity contribution >= 4 is 54.8 Å². The summed E-state index contributed by atoms with van der Waals surface area (Å²) in [6.45, 7) is 10.2. The summed E-state index contributed by atoms with van der Waals surface area (Å²) in [4.78, 5) is 2.77. The molecule has 2 bridgehead atoms. The maximum atomic E-state index is 4.07. The molecule has 0 spiro atoms. The molecule has 0 amide bonds. The van der Waals surface area contributed by atoms with Crippen molar-refractivity contribution in [3.8, 4) is 0 Å². The summed E-state index contributed by atoms with van der Waals surface area (Å²) in [7, 11) is 0. The van der Waals surface area contributed by atoms with Gasteiger partial charge >= 0.3 is 0 Å². The van der Waals surface area contributed by atoms with Crippen LogP contribution in [0.25, 0.3) is 43.5 Å². The zero-order valence-corrected chi connectivity index (χ0v) is 13.1. The Morgan fingerprint density at radius 2 is 1.73 bits per heavy atom. The van der Waals surface area contributed by atoms with E-state index >= 15 is 0 Å². The second kappa shape index (κ2) is 4.14. The Morgan fingerprint density at radius 3 is 2.55 bits per heavy atom. The molecular weight excluding hydrogens is 288 g/mol. The van der Waals surface area contributed by atoms with Gasteiger partial charge in [-0.15, -0.1) is 0 Å². The van der Waals surface area contributed by atoms with Gasteiger partial charge in [0, 0.05) is 46.0 Å². The van der Waals surface area contributed by atoms with E-state index in [2.05, 4.69) is 46.6 Å². The summed E-state index contributed by atoms with van der Waals surface area (Å²) in [5.74, 6) is 0. The van der Waals surface area contributed by atoms with E-state index in [9.17, 15) is 0 Å². The molecule has 0 saturated carbocycles. The maximum absolute atomic E-state index is 4.07. The summed E-state index contributed by atoms with van der Waals surface area (Å²) in [6, 6.07) is 8.77. The van der Waals surface area contributed by atoms with E-state index in [1.165, 1.54) is 42.6 Å². The van der Waals surface area contributed by atoms with Crippen LogP contribution in [0.15, 0.2) is 37.4 Å². The molecule has 3 aromatic heterocycles. The van der Waals surface area contributed by atoms with Gasteiger partial charge in [-0.05, 0) is 18.6 Å². The SMILES string of the molecule is C=Cc1c(C=C)n2c3sc4c(c5ccccc5n4CCC2)c13. The van der Waals surface area contributed by atoms with Gasteiger partial charge in [0.1, 0.15) is 9.66 Å². The van der Waals surface area contributed by atoms with Crippen molar-refractivity contribution in [1.29, 1.82) is 0 Å². The first-order valence-corrected chi connectivity index (χ1v) is 8.47. The van der Waals surface area contributed by atoms with Crippen molar-refractivity contribution in [2.24, 2.45) is 0 Å². The molecule has 1 aliphatic heterocycles. The molecule has 1 aromatic carbocycles. The zero-order chi connectivity index (χ0) is 14.8. The highest BCUT2D eigenvalue weighted by Crippen LogP contribution is 2.46. The van der Waals surface area contributed by atoms with Gasteiger partial charge in [-0.3, -0.25) is 0 Å². The minimum Gasteiger partial charge on any atom is -0.332 e. The quantitative estimate of drug-likeness (QED) is 0.463. The first-order chi connectivity index (χ1) is 10.8. The number of aromatic nitrogens is 2. The van der Waals surface area contributed by atoms with E-state index in [0.29, 0.717) is 0 Å². The van der Waals surface area contributed by atoms with Crippen molar-refractivity contribution in [3.05, 3.63) is 48.7 Å². The molecule has 1 aliphatic rings. The number of aryl methyl sites for hydroxylation is 2. The number of rotatable bonds is 2. The first kappa shape index (κ1) is 12.3. The molecule has 108 valence electrons. The van der Waals surface area contributed by atoms with Crippen LogP contribution in [-0.4, -0.2) is 9.13 Å². The molecule has 2 nitrogen and oxygen atoms in total. The molecule has 0 aliphatic carbocycles. The lowest BCUT2D eigenvalue weighted by molar-refractivity contribution is 0.592. The molecule has 0 unspecified atom stereocenters. The van der Waals surface area contributed by atoms with E-state index in [-0.39, 0.29) is 0 Å². The van der Waals surface area contributed by atoms with Gasteiger partial charge < -0.3 is 9.13 Å². The van der Waals surface area contributed by atoms with Crippen molar-refractivity contribution in [2.45, 2.75) is 19.5 Å². The van der Waals surface area contributed by atoms with Gasteiger partial charge in [-0.1, -0.05) is 48.8 Å². The van der Waals surface area contributed by atoms with Gasteiger partial charge in [-0.2, -0.15) is 0 Å². The number of hydrogen-bond donors (Lipinski definition) is 0. The van der Waals surface area contributed by atoms with Crippen molar-refractivity contribution in [3.63, 3.8) is 0 Å². The standard InChI is InChI=1S/C19H16N2S/c1-3-12-14(4-2)20-10-7-11-21-15-9-6-5-8-13(15)17-16(12)18(20)22-19(17)21/h3-6,8-9H,1-2,7,10-11H2. The van der Waals surface area contributed by atoms with Crippen LogP contribution in [0.3, 0.4) is 0 Å². The molecule has 3 heteroatoms. The lowest BCUT2D eigenvalue weighted by Crippen LogP contribution is -2.06. The molecular formula is C19H16N2S. The number of hydrogen-bond acceptors (Lipinski definition) is 1. The van der Waals surface area contributed by atoms with Crippen molar-refractivity contribution in [1.82, 2.24) is 9.13 Å². The van der Waals surface area contributed by atoms with E-state index in [1.807, 2.05) is 23.5 Å². The molecule has 4 heterocycles. The average Bonchev–Trinajstić information content (AvgIpc) is 3.13.